The molecule has 1 aromatic heterocycles. The standard InChI is InChI=1S/C16H20N2O/c1-12(14-5-3-2-4-6-14)9-15(19)10-13-7-8-18-16(17)11-13/h2-8,11-12,15,19H,9-10H2,1H3,(H2,17,18). The van der Waals surface area contributed by atoms with Gasteiger partial charge in [-0.1, -0.05) is 37.3 Å². The molecular weight excluding hydrogens is 236 g/mol. The maximum Gasteiger partial charge on any atom is 0.123 e. The van der Waals surface area contributed by atoms with E-state index in [1.807, 2.05) is 30.3 Å². The van der Waals surface area contributed by atoms with Gasteiger partial charge in [0.2, 0.25) is 0 Å². The van der Waals surface area contributed by atoms with Crippen molar-refractivity contribution >= 4 is 5.82 Å². The van der Waals surface area contributed by atoms with Gasteiger partial charge in [-0.25, -0.2) is 4.98 Å². The molecule has 3 N–H and O–H groups in total. The molecule has 0 saturated carbocycles. The van der Waals surface area contributed by atoms with Crippen LogP contribution >= 0.6 is 0 Å². The van der Waals surface area contributed by atoms with Crippen LogP contribution < -0.4 is 5.73 Å². The van der Waals surface area contributed by atoms with Crippen LogP contribution in [0.2, 0.25) is 0 Å². The number of aliphatic hydroxyl groups excluding tert-OH is 1. The SMILES string of the molecule is CC(CC(O)Cc1ccnc(N)c1)c1ccccc1. The monoisotopic (exact) mass is 256 g/mol. The van der Waals surface area contributed by atoms with Gasteiger partial charge >= 0.3 is 0 Å². The summed E-state index contributed by atoms with van der Waals surface area (Å²) in [5.41, 5.74) is 7.92. The highest BCUT2D eigenvalue weighted by atomic mass is 16.3. The number of nitrogens with two attached hydrogens (primary N) is 1. The first kappa shape index (κ1) is 13.6. The van der Waals surface area contributed by atoms with E-state index < -0.39 is 0 Å². The highest BCUT2D eigenvalue weighted by Gasteiger charge is 2.12. The number of pyridine rings is 1. The fourth-order valence-electron chi connectivity index (χ4n) is 2.30. The van der Waals surface area contributed by atoms with Crippen LogP contribution in [0.3, 0.4) is 0 Å². The molecule has 3 heteroatoms. The van der Waals surface area contributed by atoms with Gasteiger partial charge in [-0.3, -0.25) is 0 Å². The number of benzene rings is 1. The summed E-state index contributed by atoms with van der Waals surface area (Å²) in [6.45, 7) is 2.14. The summed E-state index contributed by atoms with van der Waals surface area (Å²) < 4.78 is 0. The van der Waals surface area contributed by atoms with Crippen molar-refractivity contribution < 1.29 is 5.11 Å². The average molecular weight is 256 g/mol. The maximum absolute atomic E-state index is 10.2. The number of nitrogen functional groups attached to an aromatic ring is 1. The van der Waals surface area contributed by atoms with Crippen LogP contribution in [0.5, 0.6) is 0 Å². The zero-order valence-electron chi connectivity index (χ0n) is 11.2. The van der Waals surface area contributed by atoms with Crippen molar-refractivity contribution in [3.63, 3.8) is 0 Å². The van der Waals surface area contributed by atoms with E-state index in [4.69, 9.17) is 5.73 Å². The molecule has 0 saturated heterocycles. The molecule has 0 bridgehead atoms. The van der Waals surface area contributed by atoms with Crippen molar-refractivity contribution in [3.8, 4) is 0 Å². The average Bonchev–Trinajstić information content (AvgIpc) is 2.39. The molecular formula is C16H20N2O. The Balaban J connectivity index is 1.92. The van der Waals surface area contributed by atoms with Gasteiger partial charge in [0, 0.05) is 6.20 Å². The van der Waals surface area contributed by atoms with Gasteiger partial charge in [-0.05, 0) is 42.0 Å². The molecule has 100 valence electrons. The van der Waals surface area contributed by atoms with Crippen molar-refractivity contribution in [2.45, 2.75) is 31.8 Å². The van der Waals surface area contributed by atoms with E-state index in [1.54, 1.807) is 6.20 Å². The molecule has 1 aromatic carbocycles. The van der Waals surface area contributed by atoms with Gasteiger partial charge in [-0.15, -0.1) is 0 Å². The van der Waals surface area contributed by atoms with E-state index in [-0.39, 0.29) is 6.10 Å². The van der Waals surface area contributed by atoms with Crippen LogP contribution in [-0.2, 0) is 6.42 Å². The van der Waals surface area contributed by atoms with Crippen LogP contribution in [0, 0.1) is 0 Å². The molecule has 0 radical (unpaired) electrons. The summed E-state index contributed by atoms with van der Waals surface area (Å²) in [6.07, 6.45) is 2.67. The van der Waals surface area contributed by atoms with E-state index >= 15 is 0 Å². The number of hydrogen-bond acceptors (Lipinski definition) is 3. The molecule has 0 aliphatic rings. The lowest BCUT2D eigenvalue weighted by Gasteiger charge is -2.17. The van der Waals surface area contributed by atoms with Crippen molar-refractivity contribution in [2.24, 2.45) is 0 Å². The van der Waals surface area contributed by atoms with Gasteiger partial charge < -0.3 is 10.8 Å². The van der Waals surface area contributed by atoms with E-state index in [2.05, 4.69) is 24.0 Å². The fraction of sp³-hybridized carbons (Fsp3) is 0.312. The Morgan fingerprint density at radius 1 is 1.21 bits per heavy atom. The minimum atomic E-state index is -0.364. The first-order chi connectivity index (χ1) is 9.15. The predicted octanol–water partition coefficient (Wildman–Crippen LogP) is 2.76. The second-order valence-corrected chi connectivity index (χ2v) is 4.99. The van der Waals surface area contributed by atoms with Crippen LogP contribution in [0.15, 0.2) is 48.7 Å². The van der Waals surface area contributed by atoms with Crippen molar-refractivity contribution in [1.29, 1.82) is 0 Å². The third-order valence-corrected chi connectivity index (χ3v) is 3.31. The third-order valence-electron chi connectivity index (χ3n) is 3.31. The largest absolute Gasteiger partial charge is 0.393 e. The maximum atomic E-state index is 10.2. The first-order valence-corrected chi connectivity index (χ1v) is 6.58. The second-order valence-electron chi connectivity index (χ2n) is 4.99. The Hall–Kier alpha value is -1.87. The molecule has 0 spiro atoms. The van der Waals surface area contributed by atoms with Crippen LogP contribution in [-0.4, -0.2) is 16.2 Å². The number of rotatable bonds is 5. The summed E-state index contributed by atoms with van der Waals surface area (Å²) >= 11 is 0. The zero-order valence-corrected chi connectivity index (χ0v) is 11.2. The lowest BCUT2D eigenvalue weighted by molar-refractivity contribution is 0.157. The van der Waals surface area contributed by atoms with Crippen molar-refractivity contribution in [2.75, 3.05) is 5.73 Å². The smallest absolute Gasteiger partial charge is 0.123 e. The number of anilines is 1. The van der Waals surface area contributed by atoms with Gasteiger partial charge in [0.1, 0.15) is 5.82 Å². The van der Waals surface area contributed by atoms with Gasteiger partial charge in [0.15, 0.2) is 0 Å². The lowest BCUT2D eigenvalue weighted by Crippen LogP contribution is -2.14. The Morgan fingerprint density at radius 2 is 1.95 bits per heavy atom. The van der Waals surface area contributed by atoms with Crippen LogP contribution in [0.25, 0.3) is 0 Å². The Morgan fingerprint density at radius 3 is 2.63 bits per heavy atom. The number of aromatic nitrogens is 1. The quantitative estimate of drug-likeness (QED) is 0.864. The predicted molar refractivity (Wildman–Crippen MR) is 77.8 cm³/mol. The summed E-state index contributed by atoms with van der Waals surface area (Å²) in [4.78, 5) is 3.95. The summed E-state index contributed by atoms with van der Waals surface area (Å²) in [7, 11) is 0. The lowest BCUT2D eigenvalue weighted by atomic mass is 9.93. The van der Waals surface area contributed by atoms with E-state index in [1.165, 1.54) is 5.56 Å². The van der Waals surface area contributed by atoms with Gasteiger partial charge in [0.05, 0.1) is 6.10 Å². The normalized spacial score (nSPS) is 14.0. The Bertz CT molecular complexity index is 513. The summed E-state index contributed by atoms with van der Waals surface area (Å²) in [6, 6.07) is 14.0. The highest BCUT2D eigenvalue weighted by Crippen LogP contribution is 2.21. The van der Waals surface area contributed by atoms with Crippen LogP contribution in [0.1, 0.15) is 30.4 Å². The van der Waals surface area contributed by atoms with Gasteiger partial charge in [0.25, 0.3) is 0 Å². The van der Waals surface area contributed by atoms with Crippen LogP contribution in [0.4, 0.5) is 5.82 Å². The Labute approximate surface area is 114 Å². The van der Waals surface area contributed by atoms with E-state index in [9.17, 15) is 5.11 Å². The molecule has 0 fully saturated rings. The van der Waals surface area contributed by atoms with Crippen molar-refractivity contribution in [1.82, 2.24) is 4.98 Å². The number of aliphatic hydroxyl groups is 1. The number of hydrogen-bond donors (Lipinski definition) is 2. The molecule has 2 unspecified atom stereocenters. The summed E-state index contributed by atoms with van der Waals surface area (Å²) in [5.74, 6) is 0.844. The number of nitrogens with zero attached hydrogens (tertiary/aromatic N) is 1. The molecule has 0 aliphatic heterocycles. The first-order valence-electron chi connectivity index (χ1n) is 6.58. The summed E-state index contributed by atoms with van der Waals surface area (Å²) in [5, 5.41) is 10.2. The van der Waals surface area contributed by atoms with E-state index in [0.717, 1.165) is 12.0 Å². The zero-order chi connectivity index (χ0) is 13.7. The van der Waals surface area contributed by atoms with Gasteiger partial charge in [-0.2, -0.15) is 0 Å². The Kier molecular flexibility index (Phi) is 4.53. The minimum absolute atomic E-state index is 0.343. The topological polar surface area (TPSA) is 59.1 Å². The molecule has 3 nitrogen and oxygen atoms in total. The molecule has 2 rings (SSSR count). The molecule has 2 aromatic rings. The molecule has 19 heavy (non-hydrogen) atoms. The highest BCUT2D eigenvalue weighted by molar-refractivity contribution is 5.32. The third kappa shape index (κ3) is 4.07. The van der Waals surface area contributed by atoms with Crippen molar-refractivity contribution in [3.05, 3.63) is 59.8 Å². The molecule has 0 amide bonds. The molecule has 1 heterocycles. The molecule has 0 aliphatic carbocycles. The molecule has 2 atom stereocenters. The van der Waals surface area contributed by atoms with E-state index in [0.29, 0.717) is 18.2 Å². The minimum Gasteiger partial charge on any atom is -0.393 e. The second kappa shape index (κ2) is 6.34. The fourth-order valence-corrected chi connectivity index (χ4v) is 2.30.